The van der Waals surface area contributed by atoms with Crippen molar-refractivity contribution < 1.29 is 42.1 Å². The third-order valence-corrected chi connectivity index (χ3v) is 22.1. The van der Waals surface area contributed by atoms with Crippen molar-refractivity contribution in [2.75, 3.05) is 58.9 Å². The fourth-order valence-corrected chi connectivity index (χ4v) is 15.5. The van der Waals surface area contributed by atoms with E-state index >= 15 is 16.8 Å². The zero-order valence-corrected chi connectivity index (χ0v) is 44.3. The Morgan fingerprint density at radius 2 is 0.535 bits per heavy atom. The van der Waals surface area contributed by atoms with Crippen LogP contribution in [0.4, 0.5) is 0 Å². The number of aryl methyl sites for hydroxylation is 5. The third-order valence-electron chi connectivity index (χ3n) is 12.5. The van der Waals surface area contributed by atoms with Crippen molar-refractivity contribution in [3.05, 3.63) is 185 Å². The average molecular weight is 1060 g/mol. The minimum atomic E-state index is -4.64. The Hall–Kier alpha value is -5.13. The number of sulfonamides is 5. The van der Waals surface area contributed by atoms with Gasteiger partial charge in [-0.2, -0.15) is 21.5 Å². The molecule has 1 saturated heterocycles. The van der Waals surface area contributed by atoms with Crippen LogP contribution < -0.4 is 0 Å². The molecule has 0 bridgehead atoms. The van der Waals surface area contributed by atoms with Crippen LogP contribution in [0.1, 0.15) is 39.4 Å². The Morgan fingerprint density at radius 1 is 0.296 bits per heavy atom. The standard InChI is InChI=1S/C51H59N5O10S5/c1-40-11-21-46(22-12-40)67(57,58)52-31-32-53(68(59,60)47-23-13-41(2)14-24-47)35-36-55(70(63,64)49-27-17-43(4)18-28-49)39-51(45-9-7-6-8-10-45)56(71(65,66)50-29-19-44(5)20-30-50)38-37-54(34-33-52)69(61,62)48-25-15-42(3)16-26-48/h6-30,51H,31-39H2,1-5H3. The highest BCUT2D eigenvalue weighted by Gasteiger charge is 2.40. The summed E-state index contributed by atoms with van der Waals surface area (Å²) in [7, 11) is -22.7. The van der Waals surface area contributed by atoms with E-state index in [-0.39, 0.29) is 24.5 Å². The number of hydrogen-bond donors (Lipinski definition) is 0. The molecule has 0 N–H and O–H groups in total. The Labute approximate surface area is 420 Å². The maximum absolute atomic E-state index is 15.3. The topological polar surface area (TPSA) is 187 Å². The van der Waals surface area contributed by atoms with E-state index in [2.05, 4.69) is 0 Å². The monoisotopic (exact) mass is 1060 g/mol. The second kappa shape index (κ2) is 21.9. The molecule has 6 aromatic rings. The van der Waals surface area contributed by atoms with Gasteiger partial charge < -0.3 is 0 Å². The Bertz CT molecular complexity index is 3370. The number of hydrogen-bond acceptors (Lipinski definition) is 10. The van der Waals surface area contributed by atoms with Crippen LogP contribution in [-0.2, 0) is 50.1 Å². The zero-order valence-electron chi connectivity index (χ0n) is 40.2. The predicted molar refractivity (Wildman–Crippen MR) is 274 cm³/mol. The molecule has 0 radical (unpaired) electrons. The fourth-order valence-electron chi connectivity index (χ4n) is 8.20. The lowest BCUT2D eigenvalue weighted by molar-refractivity contribution is 0.246. The molecule has 0 saturated carbocycles. The van der Waals surface area contributed by atoms with Crippen molar-refractivity contribution in [3.63, 3.8) is 0 Å². The minimum absolute atomic E-state index is 0.127. The van der Waals surface area contributed by atoms with Crippen LogP contribution in [0.15, 0.2) is 176 Å². The second-order valence-corrected chi connectivity index (χ2v) is 27.3. The molecule has 1 heterocycles. The molecule has 1 aliphatic rings. The highest BCUT2D eigenvalue weighted by Crippen LogP contribution is 2.32. The van der Waals surface area contributed by atoms with Crippen LogP contribution in [0.3, 0.4) is 0 Å². The van der Waals surface area contributed by atoms with E-state index < -0.39 is 115 Å². The van der Waals surface area contributed by atoms with Crippen molar-refractivity contribution in [3.8, 4) is 0 Å². The first-order valence-electron chi connectivity index (χ1n) is 22.9. The molecule has 1 aliphatic heterocycles. The van der Waals surface area contributed by atoms with E-state index in [4.69, 9.17) is 0 Å². The summed E-state index contributed by atoms with van der Waals surface area (Å²) in [6.07, 6.45) is 0. The molecule has 0 spiro atoms. The minimum Gasteiger partial charge on any atom is -0.207 e. The zero-order chi connectivity index (χ0) is 51.4. The molecule has 6 aromatic carbocycles. The Kier molecular flexibility index (Phi) is 16.6. The van der Waals surface area contributed by atoms with Gasteiger partial charge in [0.2, 0.25) is 50.1 Å². The van der Waals surface area contributed by atoms with Gasteiger partial charge >= 0.3 is 0 Å². The van der Waals surface area contributed by atoms with E-state index in [0.29, 0.717) is 5.56 Å². The van der Waals surface area contributed by atoms with Crippen LogP contribution >= 0.6 is 0 Å². The summed E-state index contributed by atoms with van der Waals surface area (Å²) in [5.41, 5.74) is 4.22. The predicted octanol–water partition coefficient (Wildman–Crippen LogP) is 6.74. The molecule has 1 unspecified atom stereocenters. The molecule has 0 aromatic heterocycles. The summed E-state index contributed by atoms with van der Waals surface area (Å²) in [6, 6.07) is 37.3. The van der Waals surface area contributed by atoms with Crippen LogP contribution in [0, 0.1) is 34.6 Å². The lowest BCUT2D eigenvalue weighted by Gasteiger charge is -2.36. The summed E-state index contributed by atoms with van der Waals surface area (Å²) in [4.78, 5) is -0.673. The first-order valence-corrected chi connectivity index (χ1v) is 30.1. The SMILES string of the molecule is Cc1ccc(S(=O)(=O)N2CCN(S(=O)(=O)c3ccc(C)cc3)CCN(S(=O)(=O)c3ccc(C)cc3)CC(c3ccccc3)N(S(=O)(=O)c3ccc(C)cc3)CCN(S(=O)(=O)c3ccc(C)cc3)CC2)cc1. The van der Waals surface area contributed by atoms with E-state index in [9.17, 15) is 25.3 Å². The number of rotatable bonds is 11. The fraction of sp³-hybridized carbons (Fsp3) is 0.294. The van der Waals surface area contributed by atoms with Crippen molar-refractivity contribution >= 4 is 50.1 Å². The van der Waals surface area contributed by atoms with E-state index in [1.807, 2.05) is 0 Å². The van der Waals surface area contributed by atoms with Gasteiger partial charge in [0.25, 0.3) is 0 Å². The van der Waals surface area contributed by atoms with E-state index in [1.165, 1.54) is 60.7 Å². The van der Waals surface area contributed by atoms with Gasteiger partial charge in [0.15, 0.2) is 0 Å². The molecular formula is C51H59N5O10S5. The molecule has 1 atom stereocenters. The largest absolute Gasteiger partial charge is 0.243 e. The molecule has 1 fully saturated rings. The Morgan fingerprint density at radius 3 is 0.831 bits per heavy atom. The van der Waals surface area contributed by atoms with Gasteiger partial charge in [0.05, 0.1) is 30.5 Å². The van der Waals surface area contributed by atoms with Gasteiger partial charge in [-0.25, -0.2) is 42.1 Å². The molecular weight excluding hydrogens is 1000 g/mol. The van der Waals surface area contributed by atoms with Gasteiger partial charge in [0, 0.05) is 58.9 Å². The maximum atomic E-state index is 15.3. The Balaban J connectivity index is 1.47. The smallest absolute Gasteiger partial charge is 0.207 e. The summed E-state index contributed by atoms with van der Waals surface area (Å²) in [5.74, 6) is 0. The first kappa shape index (κ1) is 53.7. The number of nitrogens with zero attached hydrogens (tertiary/aromatic N) is 5. The number of benzene rings is 6. The highest BCUT2D eigenvalue weighted by molar-refractivity contribution is 7.90. The summed E-state index contributed by atoms with van der Waals surface area (Å²) in [6.45, 7) is 4.39. The lowest BCUT2D eigenvalue weighted by atomic mass is 10.1. The first-order chi connectivity index (χ1) is 33.5. The molecule has 7 rings (SSSR count). The molecule has 71 heavy (non-hydrogen) atoms. The van der Waals surface area contributed by atoms with E-state index in [1.54, 1.807) is 126 Å². The molecule has 20 heteroatoms. The van der Waals surface area contributed by atoms with Gasteiger partial charge in [-0.1, -0.05) is 119 Å². The molecule has 378 valence electrons. The van der Waals surface area contributed by atoms with Gasteiger partial charge in [-0.3, -0.25) is 0 Å². The molecule has 0 amide bonds. The second-order valence-electron chi connectivity index (χ2n) is 17.7. The van der Waals surface area contributed by atoms with Crippen molar-refractivity contribution in [1.29, 1.82) is 0 Å². The summed E-state index contributed by atoms with van der Waals surface area (Å²) >= 11 is 0. The van der Waals surface area contributed by atoms with E-state index in [0.717, 1.165) is 49.3 Å². The van der Waals surface area contributed by atoms with Gasteiger partial charge in [-0.05, 0) is 101 Å². The van der Waals surface area contributed by atoms with Gasteiger partial charge in [-0.15, -0.1) is 0 Å². The quantitative estimate of drug-likeness (QED) is 0.135. The van der Waals surface area contributed by atoms with Crippen molar-refractivity contribution in [2.24, 2.45) is 0 Å². The van der Waals surface area contributed by atoms with Crippen LogP contribution in [0.25, 0.3) is 0 Å². The van der Waals surface area contributed by atoms with Crippen molar-refractivity contribution in [2.45, 2.75) is 65.1 Å². The highest BCUT2D eigenvalue weighted by atomic mass is 32.2. The van der Waals surface area contributed by atoms with Crippen LogP contribution in [-0.4, -0.2) is 123 Å². The van der Waals surface area contributed by atoms with Crippen LogP contribution in [0.2, 0.25) is 0 Å². The average Bonchev–Trinajstić information content (AvgIpc) is 3.34. The summed E-state index contributed by atoms with van der Waals surface area (Å²) in [5, 5.41) is 0. The third kappa shape index (κ3) is 12.2. The maximum Gasteiger partial charge on any atom is 0.243 e. The molecule has 15 nitrogen and oxygen atoms in total. The van der Waals surface area contributed by atoms with Gasteiger partial charge in [0.1, 0.15) is 0 Å². The van der Waals surface area contributed by atoms with Crippen LogP contribution in [0.5, 0.6) is 0 Å². The normalized spacial score (nSPS) is 17.8. The molecule has 0 aliphatic carbocycles. The lowest BCUT2D eigenvalue weighted by Crippen LogP contribution is -2.48. The van der Waals surface area contributed by atoms with Crippen molar-refractivity contribution in [1.82, 2.24) is 21.5 Å². The summed E-state index contributed by atoms with van der Waals surface area (Å²) < 4.78 is 155.